The van der Waals surface area contributed by atoms with Gasteiger partial charge in [0.1, 0.15) is 23.0 Å². The molecule has 2 amide bonds. The molecular formula is C31H40FN5O4. The van der Waals surface area contributed by atoms with E-state index in [-0.39, 0.29) is 16.9 Å². The third kappa shape index (κ3) is 10.1. The van der Waals surface area contributed by atoms with Crippen molar-refractivity contribution in [3.8, 4) is 5.75 Å². The highest BCUT2D eigenvalue weighted by Gasteiger charge is 2.27. The highest BCUT2D eigenvalue weighted by molar-refractivity contribution is 6.08. The lowest BCUT2D eigenvalue weighted by molar-refractivity contribution is 0.0617. The molecule has 10 heteroatoms. The normalized spacial score (nSPS) is 17.7. The Morgan fingerprint density at radius 3 is 2.56 bits per heavy atom. The molecule has 2 aromatic carbocycles. The van der Waals surface area contributed by atoms with Gasteiger partial charge in [-0.2, -0.15) is 0 Å². The summed E-state index contributed by atoms with van der Waals surface area (Å²) < 4.78 is 31.5. The predicted molar refractivity (Wildman–Crippen MR) is 161 cm³/mol. The van der Waals surface area contributed by atoms with E-state index in [0.717, 1.165) is 11.3 Å². The first-order valence-electron chi connectivity index (χ1n) is 13.4. The lowest BCUT2D eigenvalue weighted by atomic mass is 9.92. The van der Waals surface area contributed by atoms with Crippen molar-refractivity contribution in [3.05, 3.63) is 77.9 Å². The van der Waals surface area contributed by atoms with Crippen LogP contribution in [0.1, 0.15) is 46.6 Å². The monoisotopic (exact) mass is 565 g/mol. The van der Waals surface area contributed by atoms with Crippen LogP contribution in [0.15, 0.2) is 76.5 Å². The highest BCUT2D eigenvalue weighted by atomic mass is 19.1. The molecular weight excluding hydrogens is 525 g/mol. The van der Waals surface area contributed by atoms with Crippen LogP contribution in [0.2, 0.25) is 0 Å². The largest absolute Gasteiger partial charge is 0.483 e. The maximum atomic E-state index is 14.9. The number of nitrogens with zero attached hydrogens (tertiary/aromatic N) is 2. The van der Waals surface area contributed by atoms with Gasteiger partial charge in [0.25, 0.3) is 0 Å². The molecule has 0 fully saturated rings. The molecule has 0 spiro atoms. The van der Waals surface area contributed by atoms with Gasteiger partial charge in [-0.1, -0.05) is 32.9 Å². The Kier molecular flexibility index (Phi) is 10.8. The summed E-state index contributed by atoms with van der Waals surface area (Å²) in [6.07, 6.45) is 5.70. The maximum Gasteiger partial charge on any atom is 0.324 e. The molecule has 3 rings (SSSR count). The summed E-state index contributed by atoms with van der Waals surface area (Å²) >= 11 is 0. The Balaban J connectivity index is 1.72. The molecule has 0 saturated carbocycles. The van der Waals surface area contributed by atoms with Crippen molar-refractivity contribution in [1.29, 1.82) is 0 Å². The fraction of sp³-hybridized carbons (Fsp3) is 0.387. The minimum absolute atomic E-state index is 0.0121. The summed E-state index contributed by atoms with van der Waals surface area (Å²) in [5.74, 6) is -0.0996. The van der Waals surface area contributed by atoms with Gasteiger partial charge in [-0.3, -0.25) is 10.3 Å². The average Bonchev–Trinajstić information content (AvgIpc) is 2.88. The predicted octanol–water partition coefficient (Wildman–Crippen LogP) is 6.24. The number of nitrogens with one attached hydrogen (secondary N) is 2. The van der Waals surface area contributed by atoms with Gasteiger partial charge in [0, 0.05) is 48.7 Å². The number of halogens is 1. The van der Waals surface area contributed by atoms with Crippen LogP contribution < -0.4 is 21.1 Å². The quantitative estimate of drug-likeness (QED) is 0.179. The molecule has 1 unspecified atom stereocenters. The van der Waals surface area contributed by atoms with Gasteiger partial charge in [-0.25, -0.2) is 14.2 Å². The van der Waals surface area contributed by atoms with Gasteiger partial charge in [-0.05, 0) is 49.8 Å². The van der Waals surface area contributed by atoms with Crippen molar-refractivity contribution in [3.63, 3.8) is 0 Å². The number of hydrogen-bond acceptors (Lipinski definition) is 7. The van der Waals surface area contributed by atoms with Crippen molar-refractivity contribution in [2.24, 2.45) is 21.1 Å². The van der Waals surface area contributed by atoms with E-state index in [0.29, 0.717) is 43.4 Å². The summed E-state index contributed by atoms with van der Waals surface area (Å²) in [5, 5.41) is 5.22. The number of nitrogens with two attached hydrogens (primary N) is 1. The molecule has 1 aliphatic heterocycles. The van der Waals surface area contributed by atoms with E-state index < -0.39 is 17.4 Å². The second-order valence-electron chi connectivity index (χ2n) is 11.1. The van der Waals surface area contributed by atoms with E-state index >= 15 is 0 Å². The zero-order valence-corrected chi connectivity index (χ0v) is 24.6. The number of hydrogen-bond donors (Lipinski definition) is 3. The number of amidine groups is 1. The van der Waals surface area contributed by atoms with Crippen molar-refractivity contribution < 1.29 is 23.4 Å². The fourth-order valence-electron chi connectivity index (χ4n) is 3.80. The highest BCUT2D eigenvalue weighted by Crippen LogP contribution is 2.28. The minimum Gasteiger partial charge on any atom is -0.483 e. The molecule has 1 aliphatic rings. The van der Waals surface area contributed by atoms with Gasteiger partial charge in [0.15, 0.2) is 0 Å². The Labute approximate surface area is 241 Å². The van der Waals surface area contributed by atoms with Crippen LogP contribution in [0.4, 0.5) is 20.6 Å². The molecule has 9 nitrogen and oxygen atoms in total. The first kappa shape index (κ1) is 31.5. The third-order valence-electron chi connectivity index (χ3n) is 6.15. The number of urea groups is 1. The molecule has 41 heavy (non-hydrogen) atoms. The van der Waals surface area contributed by atoms with E-state index in [1.165, 1.54) is 12.1 Å². The minimum atomic E-state index is -0.675. The van der Waals surface area contributed by atoms with Gasteiger partial charge >= 0.3 is 6.03 Å². The van der Waals surface area contributed by atoms with E-state index in [9.17, 15) is 9.18 Å². The summed E-state index contributed by atoms with van der Waals surface area (Å²) in [4.78, 5) is 21.7. The van der Waals surface area contributed by atoms with Gasteiger partial charge in [0.05, 0.1) is 31.2 Å². The first-order valence-corrected chi connectivity index (χ1v) is 13.4. The maximum absolute atomic E-state index is 14.9. The second kappa shape index (κ2) is 14.0. The van der Waals surface area contributed by atoms with Crippen LogP contribution in [0, 0.1) is 11.2 Å². The van der Waals surface area contributed by atoms with Crippen LogP contribution in [-0.4, -0.2) is 43.5 Å². The standard InChI is InChI=1S/C31H40FN5O4/c1-21-19-31(5,13-14-34-21)41-24-11-12-26(25(32)17-24)36-29(38)37-28(18-27(33)30(2,3)4)35-23-9-7-22(8-10-23)20-40-16-15-39-6/h7-14,17-18H,15-16,19-20,33H2,1-6H3,(H2,35,36,37,38). The van der Waals surface area contributed by atoms with Crippen molar-refractivity contribution >= 4 is 29.0 Å². The number of aliphatic imine (C=N–C) groups is 2. The van der Waals surface area contributed by atoms with E-state index in [1.54, 1.807) is 25.5 Å². The molecule has 220 valence electrons. The van der Waals surface area contributed by atoms with Crippen LogP contribution in [0.25, 0.3) is 0 Å². The molecule has 0 aromatic heterocycles. The summed E-state index contributed by atoms with van der Waals surface area (Å²) in [7, 11) is 1.62. The number of carbonyl (C=O) groups excluding carboxylic acids is 1. The van der Waals surface area contributed by atoms with Gasteiger partial charge < -0.3 is 25.3 Å². The first-order chi connectivity index (χ1) is 19.4. The Morgan fingerprint density at radius 1 is 1.20 bits per heavy atom. The van der Waals surface area contributed by atoms with Gasteiger partial charge in [-0.15, -0.1) is 0 Å². The summed E-state index contributed by atoms with van der Waals surface area (Å²) in [6, 6.07) is 11.0. The molecule has 0 bridgehead atoms. The topological polar surface area (TPSA) is 120 Å². The van der Waals surface area contributed by atoms with Crippen molar-refractivity contribution in [2.45, 2.75) is 53.2 Å². The molecule has 0 saturated heterocycles. The lowest BCUT2D eigenvalue weighted by Crippen LogP contribution is -2.35. The average molecular weight is 566 g/mol. The molecule has 1 heterocycles. The van der Waals surface area contributed by atoms with E-state index in [4.69, 9.17) is 19.9 Å². The lowest BCUT2D eigenvalue weighted by Gasteiger charge is -2.29. The molecule has 2 aromatic rings. The van der Waals surface area contributed by atoms with E-state index in [1.807, 2.05) is 65.0 Å². The Morgan fingerprint density at radius 2 is 1.93 bits per heavy atom. The number of ether oxygens (including phenoxy) is 3. The van der Waals surface area contributed by atoms with Crippen LogP contribution in [0.5, 0.6) is 5.75 Å². The number of benzene rings is 2. The molecule has 1 atom stereocenters. The van der Waals surface area contributed by atoms with Crippen LogP contribution in [-0.2, 0) is 16.1 Å². The Hall–Kier alpha value is -4.02. The van der Waals surface area contributed by atoms with Crippen molar-refractivity contribution in [1.82, 2.24) is 5.32 Å². The van der Waals surface area contributed by atoms with Crippen LogP contribution in [0.3, 0.4) is 0 Å². The number of rotatable bonds is 10. The van der Waals surface area contributed by atoms with E-state index in [2.05, 4.69) is 20.6 Å². The number of carbonyl (C=O) groups is 1. The Bertz CT molecular complexity index is 1330. The third-order valence-corrected chi connectivity index (χ3v) is 6.15. The van der Waals surface area contributed by atoms with Crippen LogP contribution >= 0.6 is 0 Å². The number of amides is 2. The smallest absolute Gasteiger partial charge is 0.324 e. The molecule has 0 radical (unpaired) electrons. The SMILES string of the molecule is COCCOCc1ccc(N=C(C=C(N)C(C)(C)C)NC(=O)Nc2ccc(OC3(C)C=CN=C(C)C3)cc2F)cc1. The zero-order chi connectivity index (χ0) is 30.0. The fourth-order valence-corrected chi connectivity index (χ4v) is 3.80. The summed E-state index contributed by atoms with van der Waals surface area (Å²) in [6.45, 7) is 11.1. The summed E-state index contributed by atoms with van der Waals surface area (Å²) in [5.41, 5.74) is 8.26. The molecule has 4 N–H and O–H groups in total. The number of anilines is 1. The second-order valence-corrected chi connectivity index (χ2v) is 11.1. The zero-order valence-electron chi connectivity index (χ0n) is 24.6. The number of allylic oxidation sites excluding steroid dienone is 1. The van der Waals surface area contributed by atoms with Gasteiger partial charge in [0.2, 0.25) is 0 Å². The number of methoxy groups -OCH3 is 1. The molecule has 0 aliphatic carbocycles. The van der Waals surface area contributed by atoms with Crippen molar-refractivity contribution in [2.75, 3.05) is 25.6 Å².